The quantitative estimate of drug-likeness (QED) is 0.839. The molecule has 1 saturated heterocycles. The summed E-state index contributed by atoms with van der Waals surface area (Å²) in [6, 6.07) is 4.05. The zero-order valence-electron chi connectivity index (χ0n) is 13.9. The number of carbonyl (C=O) groups is 2. The van der Waals surface area contributed by atoms with E-state index in [4.69, 9.17) is 4.42 Å². The molecule has 1 atom stereocenters. The molecule has 2 aliphatic rings. The lowest BCUT2D eigenvalue weighted by atomic mass is 9.93. The highest BCUT2D eigenvalue weighted by Gasteiger charge is 2.38. The molecular formula is C18H26N2O3. The van der Waals surface area contributed by atoms with E-state index in [1.54, 1.807) is 11.2 Å². The second-order valence-corrected chi connectivity index (χ2v) is 6.67. The fourth-order valence-electron chi connectivity index (χ4n) is 3.90. The molecule has 0 spiro atoms. The first-order chi connectivity index (χ1) is 11.2. The van der Waals surface area contributed by atoms with Crippen molar-refractivity contribution in [3.8, 4) is 0 Å². The van der Waals surface area contributed by atoms with Gasteiger partial charge in [-0.25, -0.2) is 0 Å². The van der Waals surface area contributed by atoms with Crippen LogP contribution in [0.2, 0.25) is 0 Å². The van der Waals surface area contributed by atoms with E-state index in [0.717, 1.165) is 25.1 Å². The standard InChI is InChI=1S/C18H26N2O3/c1-2-20(15-7-4-3-5-8-15)18(22)14-11-17(21)19(12-14)13-16-9-6-10-23-16/h6,9-10,14-15H,2-5,7-8,11-13H2,1H3. The lowest BCUT2D eigenvalue weighted by molar-refractivity contribution is -0.138. The molecule has 1 unspecified atom stereocenters. The van der Waals surface area contributed by atoms with E-state index in [1.165, 1.54) is 19.3 Å². The predicted molar refractivity (Wildman–Crippen MR) is 86.5 cm³/mol. The molecule has 2 amide bonds. The van der Waals surface area contributed by atoms with Crippen LogP contribution in [0.25, 0.3) is 0 Å². The molecule has 1 aromatic rings. The van der Waals surface area contributed by atoms with Gasteiger partial charge in [0.15, 0.2) is 0 Å². The molecule has 0 aromatic carbocycles. The molecule has 5 nitrogen and oxygen atoms in total. The van der Waals surface area contributed by atoms with Crippen LogP contribution >= 0.6 is 0 Å². The summed E-state index contributed by atoms with van der Waals surface area (Å²) in [5.41, 5.74) is 0. The van der Waals surface area contributed by atoms with Crippen LogP contribution in [0.3, 0.4) is 0 Å². The zero-order valence-corrected chi connectivity index (χ0v) is 13.9. The van der Waals surface area contributed by atoms with E-state index in [9.17, 15) is 9.59 Å². The summed E-state index contributed by atoms with van der Waals surface area (Å²) in [6.07, 6.45) is 7.86. The summed E-state index contributed by atoms with van der Waals surface area (Å²) in [4.78, 5) is 28.9. The minimum Gasteiger partial charge on any atom is -0.467 e. The normalized spacial score (nSPS) is 22.6. The van der Waals surface area contributed by atoms with Crippen LogP contribution in [-0.2, 0) is 16.1 Å². The Hall–Kier alpha value is -1.78. The molecule has 5 heteroatoms. The molecule has 2 fully saturated rings. The van der Waals surface area contributed by atoms with E-state index < -0.39 is 0 Å². The van der Waals surface area contributed by atoms with Gasteiger partial charge < -0.3 is 14.2 Å². The third-order valence-corrected chi connectivity index (χ3v) is 5.13. The third kappa shape index (κ3) is 3.59. The van der Waals surface area contributed by atoms with Gasteiger partial charge in [0.05, 0.1) is 18.7 Å². The Morgan fingerprint density at radius 2 is 2.13 bits per heavy atom. The Labute approximate surface area is 137 Å². The predicted octanol–water partition coefficient (Wildman–Crippen LogP) is 2.81. The van der Waals surface area contributed by atoms with Crippen molar-refractivity contribution in [1.82, 2.24) is 9.80 Å². The van der Waals surface area contributed by atoms with Crippen molar-refractivity contribution in [1.29, 1.82) is 0 Å². The van der Waals surface area contributed by atoms with E-state index >= 15 is 0 Å². The molecule has 2 heterocycles. The summed E-state index contributed by atoms with van der Waals surface area (Å²) < 4.78 is 5.31. The molecule has 0 radical (unpaired) electrons. The lowest BCUT2D eigenvalue weighted by Crippen LogP contribution is -2.44. The van der Waals surface area contributed by atoms with Crippen molar-refractivity contribution in [2.24, 2.45) is 5.92 Å². The number of nitrogens with zero attached hydrogens (tertiary/aromatic N) is 2. The number of hydrogen-bond donors (Lipinski definition) is 0. The highest BCUT2D eigenvalue weighted by Crippen LogP contribution is 2.27. The molecule has 23 heavy (non-hydrogen) atoms. The second-order valence-electron chi connectivity index (χ2n) is 6.67. The van der Waals surface area contributed by atoms with Gasteiger partial charge in [0, 0.05) is 25.6 Å². The van der Waals surface area contributed by atoms with Gasteiger partial charge in [0.2, 0.25) is 11.8 Å². The maximum atomic E-state index is 12.9. The molecule has 1 aliphatic carbocycles. The summed E-state index contributed by atoms with van der Waals surface area (Å²) in [7, 11) is 0. The molecule has 126 valence electrons. The first kappa shape index (κ1) is 16.1. The van der Waals surface area contributed by atoms with Crippen molar-refractivity contribution in [2.75, 3.05) is 13.1 Å². The maximum absolute atomic E-state index is 12.9. The van der Waals surface area contributed by atoms with Crippen molar-refractivity contribution in [3.05, 3.63) is 24.2 Å². The van der Waals surface area contributed by atoms with Crippen LogP contribution in [0.15, 0.2) is 22.8 Å². The summed E-state index contributed by atoms with van der Waals surface area (Å²) in [5.74, 6) is 0.791. The molecule has 1 saturated carbocycles. The lowest BCUT2D eigenvalue weighted by Gasteiger charge is -2.35. The number of furan rings is 1. The van der Waals surface area contributed by atoms with Gasteiger partial charge in [-0.05, 0) is 31.9 Å². The summed E-state index contributed by atoms with van der Waals surface area (Å²) in [6.45, 7) is 3.77. The van der Waals surface area contributed by atoms with Crippen LogP contribution in [0.1, 0.15) is 51.2 Å². The van der Waals surface area contributed by atoms with Gasteiger partial charge in [0.1, 0.15) is 5.76 Å². The second kappa shape index (κ2) is 7.20. The highest BCUT2D eigenvalue weighted by atomic mass is 16.3. The SMILES string of the molecule is CCN(C(=O)C1CC(=O)N(Cc2ccco2)C1)C1CCCCC1. The van der Waals surface area contributed by atoms with Crippen LogP contribution in [0, 0.1) is 5.92 Å². The highest BCUT2D eigenvalue weighted by molar-refractivity contribution is 5.89. The molecule has 0 N–H and O–H groups in total. The molecule has 1 aliphatic heterocycles. The van der Waals surface area contributed by atoms with E-state index in [1.807, 2.05) is 24.0 Å². The van der Waals surface area contributed by atoms with Crippen LogP contribution in [0.5, 0.6) is 0 Å². The number of carbonyl (C=O) groups excluding carboxylic acids is 2. The van der Waals surface area contributed by atoms with E-state index in [-0.39, 0.29) is 17.7 Å². The maximum Gasteiger partial charge on any atom is 0.228 e. The first-order valence-electron chi connectivity index (χ1n) is 8.79. The Morgan fingerprint density at radius 1 is 1.35 bits per heavy atom. The van der Waals surface area contributed by atoms with Gasteiger partial charge >= 0.3 is 0 Å². The average Bonchev–Trinajstić information content (AvgIpc) is 3.20. The van der Waals surface area contributed by atoms with Gasteiger partial charge in [-0.15, -0.1) is 0 Å². The van der Waals surface area contributed by atoms with E-state index in [2.05, 4.69) is 0 Å². The van der Waals surface area contributed by atoms with Gasteiger partial charge in [0.25, 0.3) is 0 Å². The minimum atomic E-state index is -0.195. The van der Waals surface area contributed by atoms with Crippen molar-refractivity contribution < 1.29 is 14.0 Å². The average molecular weight is 318 g/mol. The Balaban J connectivity index is 1.61. The number of rotatable bonds is 5. The number of amides is 2. The van der Waals surface area contributed by atoms with Gasteiger partial charge in [-0.2, -0.15) is 0 Å². The molecular weight excluding hydrogens is 292 g/mol. The molecule has 1 aromatic heterocycles. The smallest absolute Gasteiger partial charge is 0.228 e. The molecule has 3 rings (SSSR count). The van der Waals surface area contributed by atoms with Crippen molar-refractivity contribution >= 4 is 11.8 Å². The topological polar surface area (TPSA) is 53.8 Å². The Morgan fingerprint density at radius 3 is 2.78 bits per heavy atom. The van der Waals surface area contributed by atoms with Crippen LogP contribution < -0.4 is 0 Å². The minimum absolute atomic E-state index is 0.0550. The van der Waals surface area contributed by atoms with Gasteiger partial charge in [-0.1, -0.05) is 19.3 Å². The Bertz CT molecular complexity index is 534. The third-order valence-electron chi connectivity index (χ3n) is 5.13. The summed E-state index contributed by atoms with van der Waals surface area (Å²) in [5, 5.41) is 0. The van der Waals surface area contributed by atoms with Crippen LogP contribution in [0.4, 0.5) is 0 Å². The van der Waals surface area contributed by atoms with Gasteiger partial charge in [-0.3, -0.25) is 9.59 Å². The number of hydrogen-bond acceptors (Lipinski definition) is 3. The molecule has 0 bridgehead atoms. The van der Waals surface area contributed by atoms with Crippen molar-refractivity contribution in [3.63, 3.8) is 0 Å². The zero-order chi connectivity index (χ0) is 16.2. The fourth-order valence-corrected chi connectivity index (χ4v) is 3.90. The Kier molecular flexibility index (Phi) is 5.03. The largest absolute Gasteiger partial charge is 0.467 e. The van der Waals surface area contributed by atoms with Crippen molar-refractivity contribution in [2.45, 2.75) is 58.0 Å². The fraction of sp³-hybridized carbons (Fsp3) is 0.667. The summed E-state index contributed by atoms with van der Waals surface area (Å²) >= 11 is 0. The first-order valence-corrected chi connectivity index (χ1v) is 8.79. The monoisotopic (exact) mass is 318 g/mol. The number of likely N-dealkylation sites (tertiary alicyclic amines) is 1. The van der Waals surface area contributed by atoms with E-state index in [0.29, 0.717) is 25.6 Å². The van der Waals surface area contributed by atoms with Crippen LogP contribution in [-0.4, -0.2) is 40.7 Å².